The molecule has 0 fully saturated rings. The molecule has 3 rings (SSSR count). The Bertz CT molecular complexity index is 721. The normalized spacial score (nSPS) is 11.1. The Morgan fingerprint density at radius 3 is 2.80 bits per heavy atom. The van der Waals surface area contributed by atoms with Gasteiger partial charge in [0, 0.05) is 30.6 Å². The van der Waals surface area contributed by atoms with Crippen LogP contribution in [0.2, 0.25) is 0 Å². The molecule has 0 aliphatic heterocycles. The van der Waals surface area contributed by atoms with Crippen molar-refractivity contribution in [1.82, 2.24) is 19.5 Å². The number of hydrogen-bond acceptors (Lipinski definition) is 3. The topological polar surface area (TPSA) is 43.6 Å². The quantitative estimate of drug-likeness (QED) is 0.692. The van der Waals surface area contributed by atoms with Crippen molar-refractivity contribution in [3.63, 3.8) is 0 Å². The van der Waals surface area contributed by atoms with Crippen molar-refractivity contribution in [2.45, 2.75) is 25.8 Å². The zero-order valence-electron chi connectivity index (χ0n) is 11.3. The van der Waals surface area contributed by atoms with E-state index in [-0.39, 0.29) is 0 Å². The molecule has 0 radical (unpaired) electrons. The molecule has 0 aliphatic rings. The molecule has 0 amide bonds. The summed E-state index contributed by atoms with van der Waals surface area (Å²) in [7, 11) is 0. The monoisotopic (exact) mass is 286 g/mol. The molecule has 0 N–H and O–H groups in total. The maximum absolute atomic E-state index is 6.00. The SMILES string of the molecule is Cc1ccc2nc(CCl)n(CCc3ccccn3)c2n1. The van der Waals surface area contributed by atoms with Gasteiger partial charge in [0.25, 0.3) is 0 Å². The molecule has 0 saturated carbocycles. The highest BCUT2D eigenvalue weighted by Crippen LogP contribution is 2.17. The third-order valence-corrected chi connectivity index (χ3v) is 3.49. The molecule has 0 spiro atoms. The maximum Gasteiger partial charge on any atom is 0.160 e. The van der Waals surface area contributed by atoms with E-state index in [1.54, 1.807) is 0 Å². The first kappa shape index (κ1) is 13.1. The zero-order chi connectivity index (χ0) is 13.9. The van der Waals surface area contributed by atoms with E-state index < -0.39 is 0 Å². The van der Waals surface area contributed by atoms with Gasteiger partial charge in [0.05, 0.1) is 5.88 Å². The van der Waals surface area contributed by atoms with Crippen LogP contribution in [0.3, 0.4) is 0 Å². The van der Waals surface area contributed by atoms with Crippen LogP contribution in [0.1, 0.15) is 17.2 Å². The van der Waals surface area contributed by atoms with Crippen molar-refractivity contribution in [1.29, 1.82) is 0 Å². The van der Waals surface area contributed by atoms with Gasteiger partial charge in [-0.3, -0.25) is 4.98 Å². The molecule has 3 heterocycles. The van der Waals surface area contributed by atoms with Gasteiger partial charge in [-0.1, -0.05) is 6.07 Å². The summed E-state index contributed by atoms with van der Waals surface area (Å²) >= 11 is 6.00. The van der Waals surface area contributed by atoms with Gasteiger partial charge in [-0.2, -0.15) is 0 Å². The fraction of sp³-hybridized carbons (Fsp3) is 0.267. The number of aromatic nitrogens is 4. The summed E-state index contributed by atoms with van der Waals surface area (Å²) in [6.45, 7) is 2.77. The molecule has 20 heavy (non-hydrogen) atoms. The van der Waals surface area contributed by atoms with E-state index in [1.165, 1.54) is 0 Å². The smallest absolute Gasteiger partial charge is 0.160 e. The molecule has 3 aromatic heterocycles. The van der Waals surface area contributed by atoms with E-state index in [0.717, 1.165) is 41.3 Å². The third kappa shape index (κ3) is 2.51. The summed E-state index contributed by atoms with van der Waals surface area (Å²) in [6, 6.07) is 9.91. The van der Waals surface area contributed by atoms with E-state index in [1.807, 2.05) is 43.5 Å². The Kier molecular flexibility index (Phi) is 3.65. The molecule has 0 atom stereocenters. The largest absolute Gasteiger partial charge is 0.311 e. The lowest BCUT2D eigenvalue weighted by Crippen LogP contribution is -2.07. The number of aryl methyl sites for hydroxylation is 3. The second-order valence-corrected chi connectivity index (χ2v) is 4.95. The Morgan fingerprint density at radius 1 is 1.15 bits per heavy atom. The van der Waals surface area contributed by atoms with Crippen LogP contribution in [0.5, 0.6) is 0 Å². The lowest BCUT2D eigenvalue weighted by atomic mass is 10.2. The van der Waals surface area contributed by atoms with E-state index in [2.05, 4.69) is 19.5 Å². The minimum atomic E-state index is 0.387. The molecule has 4 nitrogen and oxygen atoms in total. The van der Waals surface area contributed by atoms with Gasteiger partial charge in [0.15, 0.2) is 5.65 Å². The molecule has 3 aromatic rings. The number of alkyl halides is 1. The van der Waals surface area contributed by atoms with Crippen molar-refractivity contribution < 1.29 is 0 Å². The molecular weight excluding hydrogens is 272 g/mol. The summed E-state index contributed by atoms with van der Waals surface area (Å²) in [5, 5.41) is 0. The van der Waals surface area contributed by atoms with Crippen molar-refractivity contribution >= 4 is 22.8 Å². The van der Waals surface area contributed by atoms with Crippen molar-refractivity contribution in [2.24, 2.45) is 0 Å². The van der Waals surface area contributed by atoms with Crippen LogP contribution < -0.4 is 0 Å². The van der Waals surface area contributed by atoms with Crippen LogP contribution in [0.4, 0.5) is 0 Å². The highest BCUT2D eigenvalue weighted by atomic mass is 35.5. The van der Waals surface area contributed by atoms with E-state index >= 15 is 0 Å². The lowest BCUT2D eigenvalue weighted by Gasteiger charge is -2.07. The fourth-order valence-corrected chi connectivity index (χ4v) is 2.46. The molecule has 0 bridgehead atoms. The predicted octanol–water partition coefficient (Wildman–Crippen LogP) is 3.12. The Hall–Kier alpha value is -1.94. The zero-order valence-corrected chi connectivity index (χ0v) is 12.0. The molecular formula is C15H15ClN4. The van der Waals surface area contributed by atoms with Crippen molar-refractivity contribution in [3.05, 3.63) is 53.7 Å². The molecule has 102 valence electrons. The Balaban J connectivity index is 1.95. The number of nitrogens with zero attached hydrogens (tertiary/aromatic N) is 4. The highest BCUT2D eigenvalue weighted by Gasteiger charge is 2.11. The minimum absolute atomic E-state index is 0.387. The summed E-state index contributed by atoms with van der Waals surface area (Å²) < 4.78 is 2.09. The van der Waals surface area contributed by atoms with Crippen molar-refractivity contribution in [3.8, 4) is 0 Å². The fourth-order valence-electron chi connectivity index (χ4n) is 2.25. The van der Waals surface area contributed by atoms with Crippen LogP contribution >= 0.6 is 11.6 Å². The second-order valence-electron chi connectivity index (χ2n) is 4.68. The number of hydrogen-bond donors (Lipinski definition) is 0. The van der Waals surface area contributed by atoms with E-state index in [9.17, 15) is 0 Å². The number of halogens is 1. The minimum Gasteiger partial charge on any atom is -0.311 e. The lowest BCUT2D eigenvalue weighted by molar-refractivity contribution is 0.672. The number of imidazole rings is 1. The molecule has 5 heteroatoms. The van der Waals surface area contributed by atoms with Crippen molar-refractivity contribution in [2.75, 3.05) is 0 Å². The van der Waals surface area contributed by atoms with Crippen LogP contribution in [0, 0.1) is 6.92 Å². The van der Waals surface area contributed by atoms with E-state index in [4.69, 9.17) is 11.6 Å². The van der Waals surface area contributed by atoms with Crippen LogP contribution in [0.25, 0.3) is 11.2 Å². The van der Waals surface area contributed by atoms with Gasteiger partial charge in [-0.25, -0.2) is 9.97 Å². The predicted molar refractivity (Wildman–Crippen MR) is 79.8 cm³/mol. The Morgan fingerprint density at radius 2 is 2.05 bits per heavy atom. The summed E-state index contributed by atoms with van der Waals surface area (Å²) in [5.74, 6) is 1.24. The standard InChI is InChI=1S/C15H15ClN4/c1-11-5-6-13-15(18-11)20(14(10-16)19-13)9-7-12-4-2-3-8-17-12/h2-6,8H,7,9-10H2,1H3. The van der Waals surface area contributed by atoms with Crippen LogP contribution in [-0.4, -0.2) is 19.5 Å². The third-order valence-electron chi connectivity index (χ3n) is 3.25. The average molecular weight is 287 g/mol. The molecule has 0 aromatic carbocycles. The number of fused-ring (bicyclic) bond motifs is 1. The summed E-state index contributed by atoms with van der Waals surface area (Å²) in [5.41, 5.74) is 3.84. The second kappa shape index (κ2) is 5.59. The highest BCUT2D eigenvalue weighted by molar-refractivity contribution is 6.16. The first-order valence-corrected chi connectivity index (χ1v) is 7.10. The summed E-state index contributed by atoms with van der Waals surface area (Å²) in [4.78, 5) is 13.5. The van der Waals surface area contributed by atoms with Gasteiger partial charge in [0.2, 0.25) is 0 Å². The Labute approximate surface area is 122 Å². The first-order valence-electron chi connectivity index (χ1n) is 6.56. The van der Waals surface area contributed by atoms with Crippen LogP contribution in [0.15, 0.2) is 36.5 Å². The van der Waals surface area contributed by atoms with Gasteiger partial charge >= 0.3 is 0 Å². The van der Waals surface area contributed by atoms with Gasteiger partial charge < -0.3 is 4.57 Å². The number of pyridine rings is 2. The van der Waals surface area contributed by atoms with E-state index in [0.29, 0.717) is 5.88 Å². The summed E-state index contributed by atoms with van der Waals surface area (Å²) in [6.07, 6.45) is 2.65. The van der Waals surface area contributed by atoms with Crippen LogP contribution in [-0.2, 0) is 18.8 Å². The van der Waals surface area contributed by atoms with Gasteiger partial charge in [-0.05, 0) is 31.2 Å². The first-order chi connectivity index (χ1) is 9.78. The average Bonchev–Trinajstić information content (AvgIpc) is 2.83. The van der Waals surface area contributed by atoms with Gasteiger partial charge in [0.1, 0.15) is 11.3 Å². The maximum atomic E-state index is 6.00. The number of rotatable bonds is 4. The molecule has 0 unspecified atom stereocenters. The molecule has 0 aliphatic carbocycles. The van der Waals surface area contributed by atoms with Gasteiger partial charge in [-0.15, -0.1) is 11.6 Å². The molecule has 0 saturated heterocycles.